The summed E-state index contributed by atoms with van der Waals surface area (Å²) >= 11 is 6.00. The maximum absolute atomic E-state index is 7.26. The fourth-order valence-electron chi connectivity index (χ4n) is 6.01. The molecule has 0 aromatic heterocycles. The molecular weight excluding hydrogens is 765 g/mol. The Hall–Kier alpha value is -2.57. The zero-order chi connectivity index (χ0) is 31.2. The first kappa shape index (κ1) is 32.4. The molecule has 1 aliphatic heterocycles. The van der Waals surface area contributed by atoms with Crippen molar-refractivity contribution in [1.29, 1.82) is 0 Å². The van der Waals surface area contributed by atoms with Crippen molar-refractivity contribution in [2.75, 3.05) is 0 Å². The van der Waals surface area contributed by atoms with Crippen molar-refractivity contribution in [1.82, 2.24) is 0 Å². The quantitative estimate of drug-likeness (QED) is 0.121. The molecule has 6 aromatic carbocycles. The first-order chi connectivity index (χ1) is 22.0. The van der Waals surface area contributed by atoms with Crippen molar-refractivity contribution in [2.24, 2.45) is 0 Å². The van der Waals surface area contributed by atoms with Gasteiger partial charge in [-0.3, -0.25) is 0 Å². The van der Waals surface area contributed by atoms with Crippen LogP contribution in [0.1, 0.15) is 25.0 Å². The van der Waals surface area contributed by atoms with Crippen LogP contribution in [0.5, 0.6) is 11.5 Å². The number of fused-ring (bicyclic) bond motifs is 2. The number of benzene rings is 6. The molecule has 1 heterocycles. The summed E-state index contributed by atoms with van der Waals surface area (Å²) in [4.78, 5) is 0. The molecule has 0 spiro atoms. The van der Waals surface area contributed by atoms with Gasteiger partial charge in [-0.05, 0) is 37.1 Å². The molecule has 45 heavy (non-hydrogen) atoms. The number of hydrogen-bond acceptors (Lipinski definition) is 1. The number of hydrogen-bond donors (Lipinski definition) is 0. The molecule has 0 N–H and O–H groups in total. The van der Waals surface area contributed by atoms with Crippen LogP contribution in [0.3, 0.4) is 0 Å². The van der Waals surface area contributed by atoms with Gasteiger partial charge < -0.3 is 4.74 Å². The van der Waals surface area contributed by atoms with Gasteiger partial charge in [0, 0.05) is 27.2 Å². The van der Waals surface area contributed by atoms with Gasteiger partial charge in [-0.1, -0.05) is 172 Å². The van der Waals surface area contributed by atoms with E-state index in [1.165, 1.54) is 53.9 Å². The van der Waals surface area contributed by atoms with Crippen molar-refractivity contribution >= 4 is 76.1 Å². The molecule has 6 heteroatoms. The van der Waals surface area contributed by atoms with Crippen molar-refractivity contribution in [3.8, 4) is 11.5 Å². The van der Waals surface area contributed by atoms with E-state index in [1.807, 2.05) is 0 Å². The van der Waals surface area contributed by atoms with Crippen LogP contribution in [-0.4, -0.2) is 0 Å². The molecule has 1 nitrogen and oxygen atoms in total. The molecule has 1 aliphatic rings. The van der Waals surface area contributed by atoms with Crippen molar-refractivity contribution in [2.45, 2.75) is 19.3 Å². The van der Waals surface area contributed by atoms with Crippen molar-refractivity contribution in [3.63, 3.8) is 0 Å². The summed E-state index contributed by atoms with van der Waals surface area (Å²) < 4.78 is 7.26. The number of halogens is 2. The molecule has 0 bridgehead atoms. The van der Waals surface area contributed by atoms with Crippen LogP contribution < -0.4 is 36.6 Å². The third kappa shape index (κ3) is 6.79. The molecule has 0 atom stereocenters. The number of ether oxygens (including phenoxy) is 1. The third-order valence-electron chi connectivity index (χ3n) is 8.08. The Balaban J connectivity index is 0.00000115. The van der Waals surface area contributed by atoms with E-state index < -0.39 is 15.8 Å². The van der Waals surface area contributed by atoms with Gasteiger partial charge in [0.25, 0.3) is 0 Å². The molecule has 0 unspecified atom stereocenters. The van der Waals surface area contributed by atoms with Gasteiger partial charge in [0.05, 0.1) is 0 Å². The third-order valence-corrected chi connectivity index (χ3v) is 13.0. The summed E-state index contributed by atoms with van der Waals surface area (Å²) in [5.41, 5.74) is 2.26. The summed E-state index contributed by atoms with van der Waals surface area (Å²) in [7, 11) is -0.397. The van der Waals surface area contributed by atoms with E-state index in [2.05, 4.69) is 200 Å². The Morgan fingerprint density at radius 2 is 0.733 bits per heavy atom. The average Bonchev–Trinajstić information content (AvgIpc) is 3.08. The van der Waals surface area contributed by atoms with Gasteiger partial charge in [0.15, 0.2) is 0 Å². The molecule has 0 saturated heterocycles. The molecule has 0 fully saturated rings. The van der Waals surface area contributed by atoms with Crippen LogP contribution in [0.15, 0.2) is 158 Å². The Morgan fingerprint density at radius 1 is 0.444 bits per heavy atom. The van der Waals surface area contributed by atoms with E-state index in [-0.39, 0.29) is 5.41 Å². The monoisotopic (exact) mass is 794 g/mol. The molecule has 6 aromatic rings. The van der Waals surface area contributed by atoms with Crippen molar-refractivity contribution in [3.05, 3.63) is 169 Å². The normalized spacial score (nSPS) is 12.9. The van der Waals surface area contributed by atoms with E-state index >= 15 is 0 Å². The van der Waals surface area contributed by atoms with Crippen LogP contribution >= 0.6 is 44.3 Å². The van der Waals surface area contributed by atoms with Gasteiger partial charge in [-0.25, -0.2) is 0 Å². The Bertz CT molecular complexity index is 1640. The molecule has 0 amide bonds. The van der Waals surface area contributed by atoms with Crippen molar-refractivity contribution < 1.29 is 15.6 Å². The molecular formula is C39H32Br2NiOP2. The standard InChI is InChI=1S/C39H32OP2.2BrH.Ni/c1-39(2)33-25-15-27-35(41(29-17-7-3-8-18-29)30-19-9-4-10-20-30)37(33)40-38-34(39)26-16-28-36(38)42(31-21-11-5-12-22-31)32-23-13-6-14-24-32;;;/h3-28H,1-2H3;2*1H;/q;;;+2/p-2. The predicted molar refractivity (Wildman–Crippen MR) is 200 cm³/mol. The van der Waals surface area contributed by atoms with Crippen LogP contribution in [-0.2, 0) is 16.3 Å². The van der Waals surface area contributed by atoms with Gasteiger partial charge in [0.2, 0.25) is 0 Å². The van der Waals surface area contributed by atoms with Gasteiger partial charge in [-0.15, -0.1) is 0 Å². The molecule has 228 valence electrons. The zero-order valence-electron chi connectivity index (χ0n) is 24.9. The summed E-state index contributed by atoms with van der Waals surface area (Å²) in [6, 6.07) is 57.2. The fourth-order valence-corrected chi connectivity index (χ4v) is 10.8. The second-order valence-corrected chi connectivity index (χ2v) is 20.4. The minimum atomic E-state index is -0.824. The molecule has 0 radical (unpaired) electrons. The van der Waals surface area contributed by atoms with E-state index in [9.17, 15) is 0 Å². The second kappa shape index (κ2) is 14.9. The molecule has 0 aliphatic carbocycles. The summed E-state index contributed by atoms with van der Waals surface area (Å²) in [6.45, 7) is 4.70. The summed E-state index contributed by atoms with van der Waals surface area (Å²) in [5, 5.41) is 7.81. The average molecular weight is 797 g/mol. The molecule has 0 saturated carbocycles. The van der Waals surface area contributed by atoms with E-state index in [0.29, 0.717) is 0 Å². The van der Waals surface area contributed by atoms with Gasteiger partial charge >= 0.3 is 39.3 Å². The van der Waals surface area contributed by atoms with E-state index in [4.69, 9.17) is 4.74 Å². The van der Waals surface area contributed by atoms with Crippen LogP contribution in [0.25, 0.3) is 0 Å². The summed E-state index contributed by atoms with van der Waals surface area (Å²) in [5.74, 6) is 2.02. The summed E-state index contributed by atoms with van der Waals surface area (Å²) in [6.07, 6.45) is 0. The topological polar surface area (TPSA) is 9.23 Å². The first-order valence-electron chi connectivity index (χ1n) is 14.6. The number of rotatable bonds is 6. The second-order valence-electron chi connectivity index (χ2n) is 11.1. The van der Waals surface area contributed by atoms with Crippen LogP contribution in [0, 0.1) is 0 Å². The van der Waals surface area contributed by atoms with E-state index in [0.717, 1.165) is 11.5 Å². The predicted octanol–water partition coefficient (Wildman–Crippen LogP) is 9.32. The fraction of sp³-hybridized carbons (Fsp3) is 0.0769. The Morgan fingerprint density at radius 3 is 1.02 bits per heavy atom. The zero-order valence-corrected chi connectivity index (χ0v) is 30.8. The number of para-hydroxylation sites is 2. The Kier molecular flexibility index (Phi) is 10.7. The van der Waals surface area contributed by atoms with E-state index in [1.54, 1.807) is 0 Å². The van der Waals surface area contributed by atoms with Gasteiger partial charge in [-0.2, -0.15) is 0 Å². The maximum atomic E-state index is 7.26. The molecule has 7 rings (SSSR count). The Labute approximate surface area is 289 Å². The minimum absolute atomic E-state index is 0.225. The van der Waals surface area contributed by atoms with Gasteiger partial charge in [0.1, 0.15) is 11.5 Å². The van der Waals surface area contributed by atoms with Crippen LogP contribution in [0.2, 0.25) is 0 Å². The SMILES string of the molecule is CC1(C)c2cccc(P(c3ccccc3)c3ccccc3)c2Oc2c(P(c3ccccc3)c3ccccc3)cccc21.[Br][Ni][Br]. The first-order valence-corrected chi connectivity index (χ1v) is 22.2. The van der Waals surface area contributed by atoms with Crippen LogP contribution in [0.4, 0.5) is 0 Å².